The number of fused-ring (bicyclic) bond motifs is 3. The highest BCUT2D eigenvalue weighted by Gasteiger charge is 2.34. The minimum atomic E-state index is -3.11. The van der Waals surface area contributed by atoms with Gasteiger partial charge < -0.3 is 61.9 Å². The molecule has 3 saturated heterocycles. The first-order valence-electron chi connectivity index (χ1n) is 44.1. The number of hydrazone groups is 2. The number of nitrogen functional groups attached to an aromatic ring is 3. The number of terminal acetylenes is 2. The number of rotatable bonds is 30. The van der Waals surface area contributed by atoms with Gasteiger partial charge in [0.25, 0.3) is 23.6 Å². The van der Waals surface area contributed by atoms with E-state index < -0.39 is 72.9 Å². The number of aromatic hydroxyl groups is 2. The molecule has 0 unspecified atom stereocenters. The van der Waals surface area contributed by atoms with Crippen molar-refractivity contribution in [3.05, 3.63) is 296 Å². The van der Waals surface area contributed by atoms with Crippen LogP contribution in [0.5, 0.6) is 11.5 Å². The molecule has 0 bridgehead atoms. The van der Waals surface area contributed by atoms with Crippen LogP contribution in [0.3, 0.4) is 0 Å². The van der Waals surface area contributed by atoms with Crippen LogP contribution in [-0.4, -0.2) is 220 Å². The highest BCUT2D eigenvalue weighted by Crippen LogP contribution is 2.28. The number of azide groups is 1. The topological polar surface area (TPSA) is 686 Å². The lowest BCUT2D eigenvalue weighted by atomic mass is 10.0. The summed E-state index contributed by atoms with van der Waals surface area (Å²) >= 11 is 0. The van der Waals surface area contributed by atoms with Crippen LogP contribution in [0.2, 0.25) is 0 Å². The van der Waals surface area contributed by atoms with E-state index in [0.717, 1.165) is 98.5 Å². The Kier molecular flexibility index (Phi) is 47.1. The molecule has 3 aliphatic rings. The number of hydroxylamine groups is 2. The molecule has 49 heteroatoms. The zero-order valence-electron chi connectivity index (χ0n) is 79.3. The van der Waals surface area contributed by atoms with Gasteiger partial charge in [-0.2, -0.15) is 10.2 Å². The maximum absolute atomic E-state index is 12.8. The number of nitrogens with zero attached hydrogens (tertiary/aromatic N) is 13. The summed E-state index contributed by atoms with van der Waals surface area (Å²) in [5.41, 5.74) is 46.6. The Hall–Kier alpha value is -17.3. The van der Waals surface area contributed by atoms with Crippen molar-refractivity contribution in [3.63, 3.8) is 0 Å². The number of phenols is 2. The summed E-state index contributed by atoms with van der Waals surface area (Å²) in [7, 11) is -9.33. The molecule has 46 nitrogen and oxygen atoms in total. The largest absolute Gasteiger partial charge is 0.507 e. The van der Waals surface area contributed by atoms with Gasteiger partial charge in [0, 0.05) is 146 Å². The number of amides is 6. The van der Waals surface area contributed by atoms with Crippen LogP contribution in [0, 0.1) is 45.5 Å². The molecular weight excluding hydrogens is 1960 g/mol. The Bertz CT molecular complexity index is 7270. The Balaban J connectivity index is 0.000000266. The molecular formula is C97H105N21O25S3. The SMILES string of the molecule is C#CCN.C#CCNC(=O)Cc1c(C)c2ccc(N)cc2oc1=O.C=CCc1cccc(/C=N/NC(=O)CN2CCN(Cc3cccc(CN=[N+]=[N-])c3)CC2)c1O.C=CCc1cccc(/C=N/NC(=O)CN2CCN(Cc3cccc(Cn4cc(CNC(=O)Cc5c(C)c6ccc(N)cc6oc5=O)nn4)c3)CC2)c1O.Cc1c(CC(=O)ON2C(=O)CCC2=O)c(=O)oc2cc(N)ccc12.O=S(=O)=O.O=S(=O)=O.O=S(=O)=O. The summed E-state index contributed by atoms with van der Waals surface area (Å²) < 4.78 is 93.5. The molecule has 766 valence electrons. The number of piperazine rings is 2. The minimum Gasteiger partial charge on any atom is -0.507 e. The fourth-order valence-electron chi connectivity index (χ4n) is 14.6. The van der Waals surface area contributed by atoms with Gasteiger partial charge in [0.2, 0.25) is 11.8 Å². The number of nitrogens with two attached hydrogens (primary N) is 4. The van der Waals surface area contributed by atoms with Gasteiger partial charge in [-0.05, 0) is 138 Å². The van der Waals surface area contributed by atoms with Crippen molar-refractivity contribution in [1.82, 2.24) is 61.1 Å². The molecule has 7 heterocycles. The van der Waals surface area contributed by atoms with Gasteiger partial charge in [-0.25, -0.2) is 34.7 Å². The predicted molar refractivity (Wildman–Crippen MR) is 538 cm³/mol. The molecule has 3 aliphatic heterocycles. The van der Waals surface area contributed by atoms with Crippen molar-refractivity contribution in [2.75, 3.05) is 95.7 Å². The van der Waals surface area contributed by atoms with Crippen LogP contribution in [-0.2, 0) is 135 Å². The van der Waals surface area contributed by atoms with E-state index in [1.807, 2.05) is 48.5 Å². The fraction of sp³-hybridized carbons (Fsp3) is 0.278. The summed E-state index contributed by atoms with van der Waals surface area (Å²) in [6.07, 6.45) is 18.4. The second-order valence-electron chi connectivity index (χ2n) is 31.9. The number of carbonyl (C=O) groups excluding carboxylic acids is 7. The number of aromatic nitrogens is 3. The lowest BCUT2D eigenvalue weighted by Crippen LogP contribution is -2.48. The maximum atomic E-state index is 12.8. The zero-order valence-corrected chi connectivity index (χ0v) is 81.8. The fourth-order valence-corrected chi connectivity index (χ4v) is 14.6. The van der Waals surface area contributed by atoms with E-state index in [1.165, 1.54) is 29.6 Å². The number of benzene rings is 7. The minimum absolute atomic E-state index is 0.00464. The molecule has 146 heavy (non-hydrogen) atoms. The monoisotopic (exact) mass is 2060 g/mol. The Morgan fingerprint density at radius 1 is 0.521 bits per heavy atom. The second kappa shape index (κ2) is 59.5. The van der Waals surface area contributed by atoms with Gasteiger partial charge in [0.05, 0.1) is 100 Å². The zero-order chi connectivity index (χ0) is 107. The first-order valence-corrected chi connectivity index (χ1v) is 47.1. The molecule has 0 radical (unpaired) electrons. The number of nitrogens with one attached hydrogen (secondary N) is 4. The molecule has 0 spiro atoms. The number of para-hydroxylation sites is 2. The van der Waals surface area contributed by atoms with E-state index in [1.54, 1.807) is 104 Å². The first kappa shape index (κ1) is 116. The molecule has 4 aromatic heterocycles. The highest BCUT2D eigenvalue weighted by atomic mass is 32.2. The summed E-state index contributed by atoms with van der Waals surface area (Å²) in [4.78, 5) is 137. The van der Waals surface area contributed by atoms with Gasteiger partial charge >= 0.3 is 54.7 Å². The van der Waals surface area contributed by atoms with E-state index in [4.69, 9.17) is 90.9 Å². The number of imide groups is 1. The van der Waals surface area contributed by atoms with Crippen LogP contribution in [0.4, 0.5) is 17.1 Å². The van der Waals surface area contributed by atoms with Gasteiger partial charge in [0.15, 0.2) is 0 Å². The summed E-state index contributed by atoms with van der Waals surface area (Å²) in [6.45, 7) is 22.7. The van der Waals surface area contributed by atoms with E-state index in [2.05, 4.69) is 127 Å². The molecule has 0 atom stereocenters. The Labute approximate surface area is 839 Å². The van der Waals surface area contributed by atoms with E-state index in [-0.39, 0.29) is 92.6 Å². The number of aryl methyl sites for hydroxylation is 3. The third kappa shape index (κ3) is 38.6. The van der Waals surface area contributed by atoms with Crippen molar-refractivity contribution in [2.24, 2.45) is 21.1 Å². The second-order valence-corrected chi connectivity index (χ2v) is 33.1. The van der Waals surface area contributed by atoms with Gasteiger partial charge in [-0.1, -0.05) is 107 Å². The lowest BCUT2D eigenvalue weighted by Gasteiger charge is -2.34. The molecule has 6 amide bonds. The number of phenolic OH excluding ortho intramolecular Hbond substituents is 2. The molecule has 0 aliphatic carbocycles. The average Bonchev–Trinajstić information content (AvgIpc) is 0.908. The highest BCUT2D eigenvalue weighted by molar-refractivity contribution is 7.59. The Morgan fingerprint density at radius 2 is 0.890 bits per heavy atom. The van der Waals surface area contributed by atoms with E-state index in [0.29, 0.717) is 121 Å². The van der Waals surface area contributed by atoms with E-state index in [9.17, 15) is 58.2 Å². The maximum Gasteiger partial charge on any atom is 0.425 e. The number of anilines is 3. The summed E-state index contributed by atoms with van der Waals surface area (Å²) in [6, 6.07) is 42.2. The standard InChI is InChI=1S/C39H43N9O5.C24H29N7O2.C16H14N2O6.C15H14N2O3.C3H5N.3O3S/c1-3-6-29-9-5-10-30(38(29)51)20-42-44-37(50)25-47-15-13-46(14-16-47)22-27-7-4-8-28(17-27)23-48-24-32(43-45-48)21-41-36(49)19-34-26(2)33-12-11-31(40)18-35(33)53-39(34)52;1-2-5-21-8-4-9-22(24(21)33)16-26-28-23(32)18-31-12-10-30(11-13-31)17-20-7-3-6-19(14-20)15-27-29-25;1-8-10-3-2-9(17)6-12(10)23-16(22)11(8)7-15(21)24-18-13(19)4-5-14(18)20;1-3-6-17-14(18)8-12-9(2)11-5-4-10(16)7-13(11)20-15(12)19;1-2-3-4;3*1-4(2)3/h3-5,7-12,17-18,20,24,51H,1,6,13-16,19,21-23,25,40H2,2H3,(H,41,49)(H,44,50);2-4,6-9,14,16,33H,1,5,10-13,15,17-18H2,(H,28,32);2-3,6H,4-5,7,17H2,1H3;1,4-5,7H,6,8,16H2,2H3,(H,17,18);1H,3-4H2;;;/b42-20+;26-16+;;;;;;. The van der Waals surface area contributed by atoms with Gasteiger partial charge in [-0.3, -0.25) is 48.4 Å². The van der Waals surface area contributed by atoms with Crippen LogP contribution in [0.15, 0.2) is 214 Å². The number of hydrogen-bond donors (Lipinski definition) is 10. The predicted octanol–water partition coefficient (Wildman–Crippen LogP) is 4.46. The van der Waals surface area contributed by atoms with Gasteiger partial charge in [-0.15, -0.1) is 74.0 Å². The third-order valence-electron chi connectivity index (χ3n) is 21.6. The molecule has 14 rings (SSSR count). The normalized spacial score (nSPS) is 12.7. The van der Waals surface area contributed by atoms with E-state index >= 15 is 0 Å². The molecule has 11 aromatic rings. The molecule has 3 fully saturated rings. The van der Waals surface area contributed by atoms with Crippen LogP contribution in [0.25, 0.3) is 43.4 Å². The summed E-state index contributed by atoms with van der Waals surface area (Å²) in [5, 5.41) is 48.6. The van der Waals surface area contributed by atoms with Crippen LogP contribution >= 0.6 is 0 Å². The van der Waals surface area contributed by atoms with Crippen molar-refractivity contribution >= 4 is 136 Å². The third-order valence-corrected chi connectivity index (χ3v) is 21.6. The average molecular weight is 2060 g/mol. The van der Waals surface area contributed by atoms with Crippen molar-refractivity contribution < 1.29 is 99.7 Å². The van der Waals surface area contributed by atoms with Crippen molar-refractivity contribution in [3.8, 4) is 36.2 Å². The van der Waals surface area contributed by atoms with Crippen LogP contribution < -0.4 is 61.3 Å². The number of hydrogen-bond acceptors (Lipinski definition) is 38. The smallest absolute Gasteiger partial charge is 0.425 e. The Morgan fingerprint density at radius 3 is 1.28 bits per heavy atom. The first-order chi connectivity index (χ1) is 69.7. The van der Waals surface area contributed by atoms with Gasteiger partial charge in [0.1, 0.15) is 33.9 Å². The van der Waals surface area contributed by atoms with Crippen molar-refractivity contribution in [2.45, 2.75) is 98.4 Å². The number of allylic oxidation sites excluding steroid dienone is 2. The van der Waals surface area contributed by atoms with Crippen LogP contribution in [0.1, 0.15) is 96.4 Å². The quantitative estimate of drug-likeness (QED) is 0.00284. The summed E-state index contributed by atoms with van der Waals surface area (Å²) in [5.74, 6) is 1.72. The lowest BCUT2D eigenvalue weighted by molar-refractivity contribution is -0.197. The molecule has 14 N–H and O–H groups in total. The van der Waals surface area contributed by atoms with Crippen molar-refractivity contribution in [1.29, 1.82) is 0 Å². The molecule has 0 saturated carbocycles. The number of carbonyl (C=O) groups is 7. The molecule has 7 aromatic carbocycles.